The number of carboxylic acids is 3. The molecule has 4 aliphatic carbocycles. The Morgan fingerprint density at radius 2 is 1.41 bits per heavy atom. The fourth-order valence-electron chi connectivity index (χ4n) is 11.8. The van der Waals surface area contributed by atoms with Gasteiger partial charge in [-0.05, 0) is 111 Å². The fraction of sp³-hybridized carbons (Fsp3) is 0.829. The van der Waals surface area contributed by atoms with Crippen LogP contribution in [-0.4, -0.2) is 148 Å². The fourth-order valence-corrected chi connectivity index (χ4v) is 11.8. The number of aliphatic hydroxyl groups is 1. The molecule has 4 saturated carbocycles. The monoisotopic (exact) mass is 790 g/mol. The Labute approximate surface area is 330 Å². The van der Waals surface area contributed by atoms with E-state index in [1.54, 1.807) is 9.80 Å². The Kier molecular flexibility index (Phi) is 16.6. The van der Waals surface area contributed by atoms with E-state index in [0.717, 1.165) is 57.7 Å². The molecule has 0 spiro atoms. The molecule has 4 unspecified atom stereocenters. The predicted octanol–water partition coefficient (Wildman–Crippen LogP) is 2.42. The van der Waals surface area contributed by atoms with Crippen molar-refractivity contribution in [3.63, 3.8) is 0 Å². The van der Waals surface area contributed by atoms with Gasteiger partial charge in [-0.1, -0.05) is 20.8 Å². The lowest BCUT2D eigenvalue weighted by atomic mass is 9.43. The Morgan fingerprint density at radius 3 is 2.00 bits per heavy atom. The van der Waals surface area contributed by atoms with Gasteiger partial charge in [0.15, 0.2) is 0 Å². The molecule has 0 aromatic rings. The third kappa shape index (κ3) is 11.0. The number of nitrogens with one attached hydrogen (secondary N) is 1. The minimum atomic E-state index is -1.19. The molecule has 0 aromatic heterocycles. The molecule has 4 fully saturated rings. The maximum atomic E-state index is 13.4. The van der Waals surface area contributed by atoms with Gasteiger partial charge in [0.05, 0.1) is 38.3 Å². The number of hydrogen-bond acceptors (Lipinski definition) is 11. The highest BCUT2D eigenvalue weighted by Crippen LogP contribution is 2.68. The Balaban J connectivity index is 1.35. The van der Waals surface area contributed by atoms with Crippen molar-refractivity contribution in [2.45, 2.75) is 116 Å². The molecule has 0 saturated heterocycles. The van der Waals surface area contributed by atoms with Crippen LogP contribution < -0.4 is 5.32 Å². The van der Waals surface area contributed by atoms with Crippen molar-refractivity contribution in [2.75, 3.05) is 52.4 Å². The van der Waals surface area contributed by atoms with E-state index in [1.165, 1.54) is 4.90 Å². The van der Waals surface area contributed by atoms with Gasteiger partial charge in [-0.2, -0.15) is 0 Å². The van der Waals surface area contributed by atoms with Gasteiger partial charge in [-0.3, -0.25) is 33.9 Å². The second kappa shape index (κ2) is 20.4. The first-order chi connectivity index (χ1) is 26.6. The van der Waals surface area contributed by atoms with Gasteiger partial charge < -0.3 is 40.1 Å². The zero-order valence-corrected chi connectivity index (χ0v) is 33.6. The Morgan fingerprint density at radius 1 is 0.768 bits per heavy atom. The van der Waals surface area contributed by atoms with Crippen LogP contribution >= 0.6 is 0 Å². The van der Waals surface area contributed by atoms with Crippen LogP contribution in [0.25, 0.3) is 0 Å². The molecule has 11 atom stereocenters. The summed E-state index contributed by atoms with van der Waals surface area (Å²) < 4.78 is 0. The molecule has 1 amide bonds. The lowest BCUT2D eigenvalue weighted by molar-refractivity contribution is -0.170. The summed E-state index contributed by atoms with van der Waals surface area (Å²) in [5.74, 6) is -1.01. The van der Waals surface area contributed by atoms with E-state index in [9.17, 15) is 54.0 Å². The zero-order chi connectivity index (χ0) is 41.2. The smallest absolute Gasteiger partial charge is 0.317 e. The number of aliphatic hydroxyl groups excluding tert-OH is 1. The molecular weight excluding hydrogens is 724 g/mol. The normalized spacial score (nSPS) is 32.2. The lowest BCUT2D eigenvalue weighted by Crippen LogP contribution is -2.59. The van der Waals surface area contributed by atoms with Gasteiger partial charge >= 0.3 is 17.9 Å². The summed E-state index contributed by atoms with van der Waals surface area (Å²) in [6, 6.07) is -0.747. The molecule has 4 aliphatic rings. The Hall–Kier alpha value is -3.27. The van der Waals surface area contributed by atoms with Gasteiger partial charge in [0.1, 0.15) is 18.9 Å². The first-order valence-electron chi connectivity index (χ1n) is 20.7. The number of carboxylic acid groups (broad SMARTS) is 3. The number of aliphatic carboxylic acids is 3. The van der Waals surface area contributed by atoms with Crippen LogP contribution in [0.5, 0.6) is 0 Å². The number of carbonyl (C=O) groups is 7. The zero-order valence-electron chi connectivity index (χ0n) is 33.6. The van der Waals surface area contributed by atoms with Gasteiger partial charge in [-0.25, -0.2) is 0 Å². The second-order valence-electron chi connectivity index (χ2n) is 17.8. The number of carbonyl (C=O) groups excluding carboxylic acids is 4. The summed E-state index contributed by atoms with van der Waals surface area (Å²) in [5.41, 5.74) is -0.150. The predicted molar refractivity (Wildman–Crippen MR) is 206 cm³/mol. The third-order valence-electron chi connectivity index (χ3n) is 14.8. The summed E-state index contributed by atoms with van der Waals surface area (Å²) in [7, 11) is 0. The average molecular weight is 791 g/mol. The molecule has 316 valence electrons. The van der Waals surface area contributed by atoms with Crippen LogP contribution in [0.3, 0.4) is 0 Å². The van der Waals surface area contributed by atoms with Gasteiger partial charge in [-0.15, -0.1) is 0 Å². The minimum absolute atomic E-state index is 0.00416. The molecule has 56 heavy (non-hydrogen) atoms. The van der Waals surface area contributed by atoms with Crippen molar-refractivity contribution in [3.8, 4) is 0 Å². The van der Waals surface area contributed by atoms with Crippen molar-refractivity contribution < 1.29 is 54.0 Å². The van der Waals surface area contributed by atoms with Gasteiger partial charge in [0, 0.05) is 45.1 Å². The first-order valence-corrected chi connectivity index (χ1v) is 20.7. The minimum Gasteiger partial charge on any atom is -0.481 e. The van der Waals surface area contributed by atoms with Crippen LogP contribution in [0, 0.1) is 46.3 Å². The van der Waals surface area contributed by atoms with Crippen LogP contribution in [0.2, 0.25) is 0 Å². The molecule has 0 bridgehead atoms. The first kappa shape index (κ1) is 45.4. The van der Waals surface area contributed by atoms with Crippen LogP contribution in [0.15, 0.2) is 0 Å². The molecule has 15 heteroatoms. The van der Waals surface area contributed by atoms with Crippen molar-refractivity contribution in [3.05, 3.63) is 0 Å². The molecule has 0 aliphatic heterocycles. The van der Waals surface area contributed by atoms with Crippen LogP contribution in [-0.2, 0) is 33.6 Å². The summed E-state index contributed by atoms with van der Waals surface area (Å²) in [6.45, 7) is 6.47. The maximum absolute atomic E-state index is 13.4. The van der Waals surface area contributed by atoms with E-state index >= 15 is 0 Å². The number of hydrogen-bond donors (Lipinski definition) is 5. The summed E-state index contributed by atoms with van der Waals surface area (Å²) >= 11 is 0. The third-order valence-corrected chi connectivity index (χ3v) is 14.8. The standard InChI is InChI=1S/C41H66N4O11/c1-27(4-11-37(51)52)32-8-9-33-31-7-5-28-22-29(12-13-40(28,2)34(31)23-35(49)41(32,33)3)42-36(50)10-6-30(26-48)45(16-14-43(18-20-46)19-21-47)17-15-44(24-38(53)54)25-39(55)56/h20-21,26-35,49H,4-19,22-25H2,1-3H3,(H,42,50)(H,51,52)(H,53,54)(H,55,56)/t27?,28-,29+,30-,31?,32-,33?,34?,35+,40+,41-/m1/s1. The molecule has 15 nitrogen and oxygen atoms in total. The summed E-state index contributed by atoms with van der Waals surface area (Å²) in [6.07, 6.45) is 10.4. The summed E-state index contributed by atoms with van der Waals surface area (Å²) in [4.78, 5) is 86.8. The van der Waals surface area contributed by atoms with Crippen LogP contribution in [0.1, 0.15) is 97.8 Å². The molecular formula is C41H66N4O11. The average Bonchev–Trinajstić information content (AvgIpc) is 3.50. The molecule has 4 rings (SSSR count). The van der Waals surface area contributed by atoms with Crippen molar-refractivity contribution in [1.29, 1.82) is 0 Å². The molecule has 5 N–H and O–H groups in total. The van der Waals surface area contributed by atoms with E-state index in [4.69, 9.17) is 0 Å². The second-order valence-corrected chi connectivity index (χ2v) is 17.8. The molecule has 0 aromatic carbocycles. The topological polar surface area (TPSA) is 222 Å². The number of nitrogens with zero attached hydrogens (tertiary/aromatic N) is 3. The quantitative estimate of drug-likeness (QED) is 0.0887. The van der Waals surface area contributed by atoms with E-state index in [1.807, 2.05) is 0 Å². The number of fused-ring (bicyclic) bond motifs is 5. The van der Waals surface area contributed by atoms with Gasteiger partial charge in [0.25, 0.3) is 0 Å². The van der Waals surface area contributed by atoms with Crippen LogP contribution in [0.4, 0.5) is 0 Å². The van der Waals surface area contributed by atoms with Crippen molar-refractivity contribution in [1.82, 2.24) is 20.0 Å². The van der Waals surface area contributed by atoms with E-state index in [0.29, 0.717) is 48.6 Å². The number of aldehydes is 3. The molecule has 0 heterocycles. The Bertz CT molecular complexity index is 1370. The summed E-state index contributed by atoms with van der Waals surface area (Å²) in [5, 5.41) is 43.0. The van der Waals surface area contributed by atoms with Gasteiger partial charge in [0.2, 0.25) is 5.91 Å². The largest absolute Gasteiger partial charge is 0.481 e. The van der Waals surface area contributed by atoms with E-state index in [2.05, 4.69) is 26.1 Å². The number of rotatable bonds is 24. The highest BCUT2D eigenvalue weighted by molar-refractivity contribution is 5.77. The SMILES string of the molecule is CC(CCC(=O)O)[C@H]1CCC2C3CC[C@@H]4C[C@@H](NC(=O)CC[C@H](C=O)N(CCN(CC=O)CC=O)CCN(CC(=O)O)CC(=O)O)CC[C@]4(C)C3C[C@H](O)[C@@]21C. The van der Waals surface area contributed by atoms with E-state index in [-0.39, 0.29) is 87.2 Å². The highest BCUT2D eigenvalue weighted by atomic mass is 16.4. The maximum Gasteiger partial charge on any atom is 0.317 e. The molecule has 0 radical (unpaired) electrons. The number of amides is 1. The van der Waals surface area contributed by atoms with E-state index < -0.39 is 43.1 Å². The van der Waals surface area contributed by atoms with Crippen molar-refractivity contribution in [2.24, 2.45) is 46.3 Å². The lowest BCUT2D eigenvalue weighted by Gasteiger charge is -2.62. The highest BCUT2D eigenvalue weighted by Gasteiger charge is 2.63. The van der Waals surface area contributed by atoms with Crippen molar-refractivity contribution >= 4 is 42.7 Å².